The number of aromatic nitrogens is 1. The van der Waals surface area contributed by atoms with Crippen molar-refractivity contribution < 1.29 is 13.2 Å². The molecule has 20 heavy (non-hydrogen) atoms. The second kappa shape index (κ2) is 4.98. The van der Waals surface area contributed by atoms with Crippen LogP contribution >= 0.6 is 22.9 Å². The van der Waals surface area contributed by atoms with Crippen molar-refractivity contribution in [3.63, 3.8) is 0 Å². The maximum atomic E-state index is 12.0. The van der Waals surface area contributed by atoms with Crippen LogP contribution in [0.4, 0.5) is 5.13 Å². The Morgan fingerprint density at radius 3 is 2.95 bits per heavy atom. The number of fused-ring (bicyclic) bond motifs is 1. The number of hydrogen-bond donors (Lipinski definition) is 1. The summed E-state index contributed by atoms with van der Waals surface area (Å²) in [6, 6.07) is 5.30. The van der Waals surface area contributed by atoms with Gasteiger partial charge in [-0.2, -0.15) is 0 Å². The molecule has 1 aromatic carbocycles. The fraction of sp³-hybridized carbons (Fsp3) is 0.333. The number of nitrogens with zero attached hydrogens (tertiary/aromatic N) is 1. The quantitative estimate of drug-likeness (QED) is 0.916. The van der Waals surface area contributed by atoms with E-state index in [9.17, 15) is 13.2 Å². The number of hydrogen-bond acceptors (Lipinski definition) is 5. The Labute approximate surface area is 124 Å². The van der Waals surface area contributed by atoms with Crippen molar-refractivity contribution >= 4 is 54.0 Å². The monoisotopic (exact) mass is 330 g/mol. The van der Waals surface area contributed by atoms with Crippen LogP contribution in [-0.2, 0) is 14.6 Å². The molecule has 0 unspecified atom stereocenters. The zero-order chi connectivity index (χ0) is 14.3. The Morgan fingerprint density at radius 2 is 2.25 bits per heavy atom. The van der Waals surface area contributed by atoms with E-state index in [2.05, 4.69) is 10.3 Å². The summed E-state index contributed by atoms with van der Waals surface area (Å²) in [5.41, 5.74) is 0.758. The van der Waals surface area contributed by atoms with Gasteiger partial charge in [0, 0.05) is 5.02 Å². The molecule has 0 radical (unpaired) electrons. The average molecular weight is 331 g/mol. The first-order chi connectivity index (χ1) is 9.43. The lowest BCUT2D eigenvalue weighted by Gasteiger charge is -2.05. The maximum absolute atomic E-state index is 12.0. The molecular weight excluding hydrogens is 320 g/mol. The van der Waals surface area contributed by atoms with Gasteiger partial charge >= 0.3 is 0 Å². The lowest BCUT2D eigenvalue weighted by atomic mass is 10.1. The number of rotatable bonds is 2. The van der Waals surface area contributed by atoms with E-state index >= 15 is 0 Å². The van der Waals surface area contributed by atoms with E-state index in [0.29, 0.717) is 16.6 Å². The molecule has 106 valence electrons. The van der Waals surface area contributed by atoms with E-state index in [4.69, 9.17) is 11.6 Å². The van der Waals surface area contributed by atoms with Crippen molar-refractivity contribution in [3.8, 4) is 0 Å². The minimum atomic E-state index is -3.06. The zero-order valence-corrected chi connectivity index (χ0v) is 12.7. The fourth-order valence-electron chi connectivity index (χ4n) is 2.16. The Bertz CT molecular complexity index is 785. The van der Waals surface area contributed by atoms with Crippen molar-refractivity contribution in [2.24, 2.45) is 5.92 Å². The third-order valence-electron chi connectivity index (χ3n) is 3.18. The summed E-state index contributed by atoms with van der Waals surface area (Å²) < 4.78 is 23.6. The summed E-state index contributed by atoms with van der Waals surface area (Å²) in [6.45, 7) is 0. The van der Waals surface area contributed by atoms with Crippen LogP contribution in [0.1, 0.15) is 6.42 Å². The zero-order valence-electron chi connectivity index (χ0n) is 10.3. The minimum Gasteiger partial charge on any atom is -0.302 e. The van der Waals surface area contributed by atoms with E-state index in [1.165, 1.54) is 11.3 Å². The van der Waals surface area contributed by atoms with Crippen LogP contribution in [-0.4, -0.2) is 30.8 Å². The molecule has 0 spiro atoms. The number of benzene rings is 1. The van der Waals surface area contributed by atoms with E-state index in [1.807, 2.05) is 0 Å². The molecule has 1 fully saturated rings. The molecule has 1 N–H and O–H groups in total. The van der Waals surface area contributed by atoms with Crippen LogP contribution in [0.25, 0.3) is 10.2 Å². The van der Waals surface area contributed by atoms with Gasteiger partial charge in [0.1, 0.15) is 0 Å². The summed E-state index contributed by atoms with van der Waals surface area (Å²) in [6.07, 6.45) is 0.380. The molecule has 8 heteroatoms. The largest absolute Gasteiger partial charge is 0.302 e. The third-order valence-corrected chi connectivity index (χ3v) is 6.12. The molecule has 1 saturated heterocycles. The van der Waals surface area contributed by atoms with E-state index < -0.39 is 15.8 Å². The number of carbonyl (C=O) groups excluding carboxylic acids is 1. The van der Waals surface area contributed by atoms with E-state index in [-0.39, 0.29) is 17.4 Å². The molecule has 1 aromatic heterocycles. The molecule has 1 aliphatic heterocycles. The standard InChI is InChI=1S/C12H11ClN2O3S2/c13-8-1-2-9-10(5-8)19-12(14-9)15-11(16)7-3-4-20(17,18)6-7/h1-2,5,7H,3-4,6H2,(H,14,15,16)/t7-/m0/s1. The number of sulfone groups is 1. The van der Waals surface area contributed by atoms with Gasteiger partial charge in [0.15, 0.2) is 15.0 Å². The highest BCUT2D eigenvalue weighted by atomic mass is 35.5. The summed E-state index contributed by atoms with van der Waals surface area (Å²) in [5, 5.41) is 3.77. The SMILES string of the molecule is O=C(Nc1nc2ccc(Cl)cc2s1)[C@H]1CCS(=O)(=O)C1. The van der Waals surface area contributed by atoms with Crippen LogP contribution in [0.2, 0.25) is 5.02 Å². The molecule has 0 saturated carbocycles. The number of nitrogens with one attached hydrogen (secondary N) is 1. The Kier molecular flexibility index (Phi) is 3.43. The van der Waals surface area contributed by atoms with Crippen LogP contribution < -0.4 is 5.32 Å². The minimum absolute atomic E-state index is 0.0739. The molecule has 2 heterocycles. The smallest absolute Gasteiger partial charge is 0.230 e. The van der Waals surface area contributed by atoms with Crippen molar-refractivity contribution in [2.75, 3.05) is 16.8 Å². The number of halogens is 1. The summed E-state index contributed by atoms with van der Waals surface area (Å²) in [5.74, 6) is -0.748. The van der Waals surface area contributed by atoms with E-state index in [0.717, 1.165) is 10.2 Å². The molecule has 3 rings (SSSR count). The summed E-state index contributed by atoms with van der Waals surface area (Å²) in [7, 11) is -3.06. The average Bonchev–Trinajstić information content (AvgIpc) is 2.91. The second-order valence-corrected chi connectivity index (χ2v) is 8.42. The Morgan fingerprint density at radius 1 is 1.45 bits per heavy atom. The Balaban J connectivity index is 1.78. The molecule has 0 aliphatic carbocycles. The van der Waals surface area contributed by atoms with Crippen molar-refractivity contribution in [2.45, 2.75) is 6.42 Å². The highest BCUT2D eigenvalue weighted by Gasteiger charge is 2.33. The lowest BCUT2D eigenvalue weighted by Crippen LogP contribution is -2.23. The Hall–Kier alpha value is -1.18. The fourth-order valence-corrected chi connectivity index (χ4v) is 5.05. The number of carbonyl (C=O) groups is 1. The van der Waals surface area contributed by atoms with Crippen LogP contribution in [0.3, 0.4) is 0 Å². The van der Waals surface area contributed by atoms with Gasteiger partial charge in [-0.1, -0.05) is 22.9 Å². The maximum Gasteiger partial charge on any atom is 0.230 e. The number of thiazole rings is 1. The summed E-state index contributed by atoms with van der Waals surface area (Å²) >= 11 is 7.22. The predicted molar refractivity (Wildman–Crippen MR) is 80.0 cm³/mol. The molecule has 1 amide bonds. The topological polar surface area (TPSA) is 76.1 Å². The summed E-state index contributed by atoms with van der Waals surface area (Å²) in [4.78, 5) is 16.3. The van der Waals surface area contributed by atoms with Crippen molar-refractivity contribution in [1.29, 1.82) is 0 Å². The molecular formula is C12H11ClN2O3S2. The van der Waals surface area contributed by atoms with Gasteiger partial charge in [-0.05, 0) is 24.6 Å². The highest BCUT2D eigenvalue weighted by molar-refractivity contribution is 7.91. The van der Waals surface area contributed by atoms with Crippen LogP contribution in [0, 0.1) is 5.92 Å². The normalized spacial score (nSPS) is 21.1. The van der Waals surface area contributed by atoms with Crippen molar-refractivity contribution in [1.82, 2.24) is 4.98 Å². The van der Waals surface area contributed by atoms with Gasteiger partial charge in [-0.25, -0.2) is 13.4 Å². The van der Waals surface area contributed by atoms with Gasteiger partial charge in [-0.15, -0.1) is 0 Å². The molecule has 5 nitrogen and oxygen atoms in total. The first-order valence-electron chi connectivity index (χ1n) is 6.00. The van der Waals surface area contributed by atoms with Gasteiger partial charge < -0.3 is 5.32 Å². The highest BCUT2D eigenvalue weighted by Crippen LogP contribution is 2.29. The number of amides is 1. The van der Waals surface area contributed by atoms with E-state index in [1.54, 1.807) is 18.2 Å². The molecule has 2 aromatic rings. The van der Waals surface area contributed by atoms with Gasteiger partial charge in [0.05, 0.1) is 27.6 Å². The van der Waals surface area contributed by atoms with Gasteiger partial charge in [-0.3, -0.25) is 4.79 Å². The first-order valence-corrected chi connectivity index (χ1v) is 9.02. The van der Waals surface area contributed by atoms with Gasteiger partial charge in [0.2, 0.25) is 5.91 Å². The second-order valence-electron chi connectivity index (χ2n) is 4.72. The number of anilines is 1. The van der Waals surface area contributed by atoms with Crippen molar-refractivity contribution in [3.05, 3.63) is 23.2 Å². The molecule has 1 aliphatic rings. The van der Waals surface area contributed by atoms with Gasteiger partial charge in [0.25, 0.3) is 0 Å². The lowest BCUT2D eigenvalue weighted by molar-refractivity contribution is -0.119. The molecule has 0 bridgehead atoms. The third kappa shape index (κ3) is 2.79. The molecule has 1 atom stereocenters. The predicted octanol–water partition coefficient (Wildman–Crippen LogP) is 2.32. The first kappa shape index (κ1) is 13.8. The van der Waals surface area contributed by atoms with Crippen LogP contribution in [0.5, 0.6) is 0 Å². The van der Waals surface area contributed by atoms with Crippen LogP contribution in [0.15, 0.2) is 18.2 Å².